The highest BCUT2D eigenvalue weighted by Gasteiger charge is 1.65. The molecule has 1 atom stereocenters. The zero-order valence-electron chi connectivity index (χ0n) is 2.34. The van der Waals surface area contributed by atoms with Crippen LogP contribution in [0.4, 0.5) is 4.79 Å². The van der Waals surface area contributed by atoms with Crippen LogP contribution in [-0.2, 0) is 0 Å². The molecule has 0 heterocycles. The first-order valence-electron chi connectivity index (χ1n) is 0.716. The number of halogens is 1. The second-order valence-corrected chi connectivity index (χ2v) is 0.832. The Bertz CT molecular complexity index is 32.6. The summed E-state index contributed by atoms with van der Waals surface area (Å²) in [5.41, 5.74) is -0.917. The molecule has 4 heteroatoms. The van der Waals surface area contributed by atoms with Gasteiger partial charge in [0.2, 0.25) is 0 Å². The highest BCUT2D eigenvalue weighted by molar-refractivity contribution is 7.38. The summed E-state index contributed by atoms with van der Waals surface area (Å²) in [7, 11) is 1.57. The van der Waals surface area contributed by atoms with Crippen LogP contribution in [0.15, 0.2) is 0 Å². The minimum Gasteiger partial charge on any atom is -0.479 e. The summed E-state index contributed by atoms with van der Waals surface area (Å²) in [5.74, 6) is 0. The molecule has 0 radical (unpaired) electrons. The fourth-order valence-corrected chi connectivity index (χ4v) is 0. The van der Waals surface area contributed by atoms with Crippen molar-refractivity contribution < 1.29 is 9.90 Å². The number of hydrogen-bond acceptors (Lipinski definition) is 1. The van der Waals surface area contributed by atoms with Crippen LogP contribution in [0.2, 0.25) is 0 Å². The molecule has 0 aromatic rings. The SMILES string of the molecule is Cl.O=C(O)P. The van der Waals surface area contributed by atoms with Gasteiger partial charge in [-0.1, -0.05) is 0 Å². The van der Waals surface area contributed by atoms with Crippen LogP contribution in [0.1, 0.15) is 0 Å². The second-order valence-electron chi connectivity index (χ2n) is 0.338. The van der Waals surface area contributed by atoms with Crippen LogP contribution in [0, 0.1) is 0 Å². The van der Waals surface area contributed by atoms with Crippen LogP contribution in [0.3, 0.4) is 0 Å². The van der Waals surface area contributed by atoms with Gasteiger partial charge in [0.1, 0.15) is 0 Å². The van der Waals surface area contributed by atoms with E-state index in [-0.39, 0.29) is 12.4 Å². The fraction of sp³-hybridized carbons (Fsp3) is 0. The smallest absolute Gasteiger partial charge is 0.317 e. The number of rotatable bonds is 0. The van der Waals surface area contributed by atoms with E-state index in [0.29, 0.717) is 0 Å². The van der Waals surface area contributed by atoms with E-state index in [4.69, 9.17) is 9.90 Å². The molecule has 0 bridgehead atoms. The third kappa shape index (κ3) is 557. The van der Waals surface area contributed by atoms with Gasteiger partial charge in [0.05, 0.1) is 0 Å². The van der Waals surface area contributed by atoms with Gasteiger partial charge in [0.25, 0.3) is 0 Å². The molecule has 0 aliphatic carbocycles. The molecule has 1 unspecified atom stereocenters. The van der Waals surface area contributed by atoms with Gasteiger partial charge in [-0.2, -0.15) is 0 Å². The molecular formula is CH4ClO2P. The Labute approximate surface area is 38.2 Å². The molecular weight excluding hydrogens is 110 g/mol. The zero-order chi connectivity index (χ0) is 3.58. The van der Waals surface area contributed by atoms with Crippen LogP contribution in [0.5, 0.6) is 0 Å². The minimum atomic E-state index is -0.917. The molecule has 0 amide bonds. The van der Waals surface area contributed by atoms with Crippen molar-refractivity contribution in [1.82, 2.24) is 0 Å². The van der Waals surface area contributed by atoms with Gasteiger partial charge in [0, 0.05) is 0 Å². The van der Waals surface area contributed by atoms with E-state index < -0.39 is 5.71 Å². The normalized spacial score (nSPS) is 5.00. The van der Waals surface area contributed by atoms with Crippen molar-refractivity contribution in [1.29, 1.82) is 0 Å². The lowest BCUT2D eigenvalue weighted by molar-refractivity contribution is 0.222. The van der Waals surface area contributed by atoms with E-state index in [9.17, 15) is 0 Å². The molecule has 5 heavy (non-hydrogen) atoms. The topological polar surface area (TPSA) is 37.3 Å². The monoisotopic (exact) mass is 114 g/mol. The summed E-state index contributed by atoms with van der Waals surface area (Å²) in [5, 5.41) is 7.38. The van der Waals surface area contributed by atoms with Crippen molar-refractivity contribution in [3.05, 3.63) is 0 Å². The average molecular weight is 114 g/mol. The molecule has 0 aromatic carbocycles. The van der Waals surface area contributed by atoms with Crippen molar-refractivity contribution >= 4 is 27.4 Å². The third-order valence-electron chi connectivity index (χ3n) is 0. The van der Waals surface area contributed by atoms with E-state index in [2.05, 4.69) is 0 Å². The summed E-state index contributed by atoms with van der Waals surface area (Å²) in [6.07, 6.45) is 0. The lowest BCUT2D eigenvalue weighted by Gasteiger charge is -1.59. The summed E-state index contributed by atoms with van der Waals surface area (Å²) in [6.45, 7) is 0. The number of carboxylic acid groups (broad SMARTS) is 1. The summed E-state index contributed by atoms with van der Waals surface area (Å²) < 4.78 is 0. The molecule has 0 rings (SSSR count). The maximum Gasteiger partial charge on any atom is 0.317 e. The van der Waals surface area contributed by atoms with Crippen molar-refractivity contribution in [2.45, 2.75) is 0 Å². The maximum absolute atomic E-state index is 8.96. The van der Waals surface area contributed by atoms with E-state index in [1.165, 1.54) is 0 Å². The van der Waals surface area contributed by atoms with Crippen LogP contribution < -0.4 is 0 Å². The first-order chi connectivity index (χ1) is 1.73. The third-order valence-corrected chi connectivity index (χ3v) is 0. The largest absolute Gasteiger partial charge is 0.479 e. The summed E-state index contributed by atoms with van der Waals surface area (Å²) in [4.78, 5) is 8.96. The molecule has 0 spiro atoms. The first-order valence-corrected chi connectivity index (χ1v) is 1.29. The van der Waals surface area contributed by atoms with Gasteiger partial charge in [-0.15, -0.1) is 12.4 Å². The van der Waals surface area contributed by atoms with Gasteiger partial charge >= 0.3 is 5.71 Å². The Hall–Kier alpha value is 0.190. The molecule has 2 nitrogen and oxygen atoms in total. The standard InChI is InChI=1S/CH3O2P.ClH/c2-1(3)4;/h4H2,(H,2,3);1H. The molecule has 32 valence electrons. The number of hydrogen-bond donors (Lipinski definition) is 1. The lowest BCUT2D eigenvalue weighted by Crippen LogP contribution is -1.65. The van der Waals surface area contributed by atoms with E-state index in [1.54, 1.807) is 9.24 Å². The molecule has 1 N–H and O–H groups in total. The molecule has 0 saturated carbocycles. The predicted octanol–water partition coefficient (Wildman–Crippen LogP) is 0.961. The van der Waals surface area contributed by atoms with Gasteiger partial charge < -0.3 is 5.11 Å². The predicted molar refractivity (Wildman–Crippen MR) is 25.0 cm³/mol. The van der Waals surface area contributed by atoms with Gasteiger partial charge in [-0.05, 0) is 9.24 Å². The molecule has 0 aliphatic heterocycles. The van der Waals surface area contributed by atoms with Gasteiger partial charge in [-0.25, -0.2) is 4.79 Å². The molecule has 0 fully saturated rings. The molecule has 0 aromatic heterocycles. The highest BCUT2D eigenvalue weighted by atomic mass is 35.5. The summed E-state index contributed by atoms with van der Waals surface area (Å²) >= 11 is 0. The Morgan fingerprint density at radius 2 is 1.80 bits per heavy atom. The summed E-state index contributed by atoms with van der Waals surface area (Å²) in [6, 6.07) is 0. The van der Waals surface area contributed by atoms with Gasteiger partial charge in [-0.3, -0.25) is 0 Å². The van der Waals surface area contributed by atoms with Crippen molar-refractivity contribution in [2.24, 2.45) is 0 Å². The van der Waals surface area contributed by atoms with Crippen molar-refractivity contribution in [3.8, 4) is 0 Å². The van der Waals surface area contributed by atoms with Crippen LogP contribution >= 0.6 is 21.6 Å². The Morgan fingerprint density at radius 3 is 1.80 bits per heavy atom. The first kappa shape index (κ1) is 8.95. The van der Waals surface area contributed by atoms with Crippen LogP contribution in [0.25, 0.3) is 0 Å². The quantitative estimate of drug-likeness (QED) is 0.476. The van der Waals surface area contributed by atoms with Crippen molar-refractivity contribution in [3.63, 3.8) is 0 Å². The van der Waals surface area contributed by atoms with Gasteiger partial charge in [0.15, 0.2) is 0 Å². The molecule has 0 aliphatic rings. The second kappa shape index (κ2) is 4.19. The fourth-order valence-electron chi connectivity index (χ4n) is 0. The Kier molecular flexibility index (Phi) is 7.50. The Balaban J connectivity index is 0. The van der Waals surface area contributed by atoms with E-state index in [1.807, 2.05) is 0 Å². The number of carbonyl (C=O) groups is 1. The van der Waals surface area contributed by atoms with E-state index >= 15 is 0 Å². The van der Waals surface area contributed by atoms with Crippen LogP contribution in [-0.4, -0.2) is 10.8 Å². The average Bonchev–Trinajstić information content (AvgIpc) is 0.811. The molecule has 0 saturated heterocycles. The Morgan fingerprint density at radius 1 is 1.80 bits per heavy atom. The van der Waals surface area contributed by atoms with Crippen molar-refractivity contribution in [2.75, 3.05) is 0 Å². The minimum absolute atomic E-state index is 0. The van der Waals surface area contributed by atoms with E-state index in [0.717, 1.165) is 0 Å². The maximum atomic E-state index is 8.96. The zero-order valence-corrected chi connectivity index (χ0v) is 4.31. The highest BCUT2D eigenvalue weighted by Crippen LogP contribution is 1.74. The lowest BCUT2D eigenvalue weighted by atomic mass is 11.6.